The summed E-state index contributed by atoms with van der Waals surface area (Å²) in [7, 11) is 0. The van der Waals surface area contributed by atoms with E-state index in [-0.39, 0.29) is 19.0 Å². The number of ketones is 1. The van der Waals surface area contributed by atoms with Gasteiger partial charge in [0.1, 0.15) is 18.1 Å². The van der Waals surface area contributed by atoms with Crippen LogP contribution in [0, 0.1) is 0 Å². The second-order valence-corrected chi connectivity index (χ2v) is 9.06. The fourth-order valence-corrected chi connectivity index (χ4v) is 3.74. The monoisotopic (exact) mass is 532 g/mol. The summed E-state index contributed by atoms with van der Waals surface area (Å²) in [5.41, 5.74) is 4.01. The van der Waals surface area contributed by atoms with E-state index in [1.54, 1.807) is 31.2 Å². The van der Waals surface area contributed by atoms with Crippen molar-refractivity contribution in [1.82, 2.24) is 0 Å². The van der Waals surface area contributed by atoms with Crippen molar-refractivity contribution in [3.8, 4) is 22.6 Å². The highest BCUT2D eigenvalue weighted by Crippen LogP contribution is 2.24. The maximum atomic E-state index is 12.4. The number of rotatable bonds is 11. The Hall–Kier alpha value is -5.23. The standard InChI is InChI=1S/C34H28O6/c1-4-30(35)22-38-32-17-14-28-19-24(5-11-29(28)20-32)8-18-33(36)40-31-15-12-27(13-16-31)26-9-6-25(7-10-26)21-39-34(37)23(2)3/h4-20H,1-2,21-22H2,3H3/b18-8+. The number of hydrogen-bond donors (Lipinski definition) is 0. The van der Waals surface area contributed by atoms with Crippen LogP contribution in [0.1, 0.15) is 18.1 Å². The molecule has 0 N–H and O–H groups in total. The molecule has 6 nitrogen and oxygen atoms in total. The summed E-state index contributed by atoms with van der Waals surface area (Å²) in [5, 5.41) is 1.92. The van der Waals surface area contributed by atoms with Crippen LogP contribution in [0.4, 0.5) is 0 Å². The van der Waals surface area contributed by atoms with E-state index in [0.29, 0.717) is 17.1 Å². The van der Waals surface area contributed by atoms with E-state index >= 15 is 0 Å². The highest BCUT2D eigenvalue weighted by molar-refractivity contribution is 5.92. The van der Waals surface area contributed by atoms with Crippen molar-refractivity contribution < 1.29 is 28.6 Å². The van der Waals surface area contributed by atoms with Gasteiger partial charge in [0.25, 0.3) is 0 Å². The molecule has 0 fully saturated rings. The molecule has 0 aliphatic rings. The van der Waals surface area contributed by atoms with Crippen molar-refractivity contribution in [3.63, 3.8) is 0 Å². The molecule has 4 rings (SSSR count). The van der Waals surface area contributed by atoms with Crippen LogP contribution in [0.25, 0.3) is 28.0 Å². The summed E-state index contributed by atoms with van der Waals surface area (Å²) < 4.78 is 16.1. The first kappa shape index (κ1) is 27.8. The van der Waals surface area contributed by atoms with Gasteiger partial charge in [0.2, 0.25) is 0 Å². The molecule has 0 amide bonds. The van der Waals surface area contributed by atoms with Gasteiger partial charge in [-0.3, -0.25) is 4.79 Å². The summed E-state index contributed by atoms with van der Waals surface area (Å²) in [6, 6.07) is 26.2. The molecule has 40 heavy (non-hydrogen) atoms. The summed E-state index contributed by atoms with van der Waals surface area (Å²) >= 11 is 0. The molecule has 4 aromatic carbocycles. The lowest BCUT2D eigenvalue weighted by atomic mass is 10.0. The van der Waals surface area contributed by atoms with Crippen LogP contribution in [0.2, 0.25) is 0 Å². The Morgan fingerprint density at radius 1 is 0.800 bits per heavy atom. The largest absolute Gasteiger partial charge is 0.485 e. The zero-order valence-corrected chi connectivity index (χ0v) is 22.1. The van der Waals surface area contributed by atoms with Crippen molar-refractivity contribution in [2.75, 3.05) is 6.61 Å². The SMILES string of the molecule is C=CC(=O)COc1ccc2cc(/C=C/C(=O)Oc3ccc(-c4ccc(COC(=O)C(=C)C)cc4)cc3)ccc2c1. The summed E-state index contributed by atoms with van der Waals surface area (Å²) in [6.07, 6.45) is 4.31. The van der Waals surface area contributed by atoms with Crippen LogP contribution in [0.15, 0.2) is 116 Å². The minimum atomic E-state index is -0.489. The summed E-state index contributed by atoms with van der Waals surface area (Å²) in [6.45, 7) is 8.75. The van der Waals surface area contributed by atoms with Gasteiger partial charge < -0.3 is 14.2 Å². The third-order valence-corrected chi connectivity index (χ3v) is 5.93. The Balaban J connectivity index is 1.32. The zero-order chi connectivity index (χ0) is 28.5. The van der Waals surface area contributed by atoms with Gasteiger partial charge in [-0.2, -0.15) is 0 Å². The highest BCUT2D eigenvalue weighted by Gasteiger charge is 2.06. The Kier molecular flexibility index (Phi) is 9.05. The Morgan fingerprint density at radius 2 is 1.43 bits per heavy atom. The lowest BCUT2D eigenvalue weighted by Crippen LogP contribution is -2.07. The minimum Gasteiger partial charge on any atom is -0.485 e. The molecule has 0 radical (unpaired) electrons. The first-order valence-corrected chi connectivity index (χ1v) is 12.5. The van der Waals surface area contributed by atoms with Gasteiger partial charge in [0, 0.05) is 11.6 Å². The van der Waals surface area contributed by atoms with Crippen molar-refractivity contribution in [2.24, 2.45) is 0 Å². The van der Waals surface area contributed by atoms with Gasteiger partial charge in [-0.1, -0.05) is 67.8 Å². The first-order valence-electron chi connectivity index (χ1n) is 12.5. The quantitative estimate of drug-likeness (QED) is 0.119. The normalized spacial score (nSPS) is 10.7. The lowest BCUT2D eigenvalue weighted by molar-refractivity contribution is -0.140. The number of esters is 2. The first-order chi connectivity index (χ1) is 19.3. The molecule has 6 heteroatoms. The van der Waals surface area contributed by atoms with Crippen LogP contribution in [0.3, 0.4) is 0 Å². The average molecular weight is 533 g/mol. The maximum absolute atomic E-state index is 12.4. The molecular weight excluding hydrogens is 504 g/mol. The average Bonchev–Trinajstić information content (AvgIpc) is 2.98. The second-order valence-electron chi connectivity index (χ2n) is 9.06. The highest BCUT2D eigenvalue weighted by atomic mass is 16.5. The fraction of sp³-hybridized carbons (Fsp3) is 0.0882. The van der Waals surface area contributed by atoms with Crippen LogP contribution in [0.5, 0.6) is 11.5 Å². The lowest BCUT2D eigenvalue weighted by Gasteiger charge is -2.07. The molecule has 0 saturated carbocycles. The smallest absolute Gasteiger partial charge is 0.336 e. The number of hydrogen-bond acceptors (Lipinski definition) is 6. The number of fused-ring (bicyclic) bond motifs is 1. The number of ether oxygens (including phenoxy) is 3. The van der Waals surface area contributed by atoms with Gasteiger partial charge in [-0.05, 0) is 82.4 Å². The van der Waals surface area contributed by atoms with E-state index < -0.39 is 11.9 Å². The van der Waals surface area contributed by atoms with E-state index in [1.165, 1.54) is 12.2 Å². The van der Waals surface area contributed by atoms with Crippen LogP contribution < -0.4 is 9.47 Å². The molecule has 0 saturated heterocycles. The third kappa shape index (κ3) is 7.65. The molecule has 0 bridgehead atoms. The summed E-state index contributed by atoms with van der Waals surface area (Å²) in [4.78, 5) is 35.3. The van der Waals surface area contributed by atoms with E-state index in [2.05, 4.69) is 13.2 Å². The number of carbonyl (C=O) groups is 3. The van der Waals surface area contributed by atoms with Crippen molar-refractivity contribution in [2.45, 2.75) is 13.5 Å². The van der Waals surface area contributed by atoms with Gasteiger partial charge in [0.15, 0.2) is 12.4 Å². The molecule has 0 aliphatic heterocycles. The molecular formula is C34H28O6. The van der Waals surface area contributed by atoms with Gasteiger partial charge in [-0.15, -0.1) is 0 Å². The molecule has 0 heterocycles. The van der Waals surface area contributed by atoms with E-state index in [1.807, 2.05) is 66.7 Å². The Labute approximate surface area is 232 Å². The van der Waals surface area contributed by atoms with E-state index in [0.717, 1.165) is 33.0 Å². The molecule has 200 valence electrons. The number of carbonyl (C=O) groups excluding carboxylic acids is 3. The van der Waals surface area contributed by atoms with Gasteiger partial charge in [-0.25, -0.2) is 9.59 Å². The molecule has 0 aliphatic carbocycles. The van der Waals surface area contributed by atoms with Crippen molar-refractivity contribution in [3.05, 3.63) is 127 Å². The van der Waals surface area contributed by atoms with Gasteiger partial charge >= 0.3 is 11.9 Å². The van der Waals surface area contributed by atoms with Crippen molar-refractivity contribution >= 4 is 34.6 Å². The fourth-order valence-electron chi connectivity index (χ4n) is 3.74. The second kappa shape index (κ2) is 13.0. The zero-order valence-electron chi connectivity index (χ0n) is 22.1. The molecule has 0 atom stereocenters. The Morgan fingerprint density at radius 3 is 2.10 bits per heavy atom. The van der Waals surface area contributed by atoms with Crippen LogP contribution >= 0.6 is 0 Å². The minimum absolute atomic E-state index is 0.0515. The maximum Gasteiger partial charge on any atom is 0.336 e. The van der Waals surface area contributed by atoms with Crippen molar-refractivity contribution in [1.29, 1.82) is 0 Å². The van der Waals surface area contributed by atoms with Gasteiger partial charge in [0.05, 0.1) is 0 Å². The van der Waals surface area contributed by atoms with Crippen LogP contribution in [-0.4, -0.2) is 24.3 Å². The predicted molar refractivity (Wildman–Crippen MR) is 156 cm³/mol. The molecule has 4 aromatic rings. The third-order valence-electron chi connectivity index (χ3n) is 5.93. The Bertz CT molecular complexity index is 1590. The van der Waals surface area contributed by atoms with E-state index in [4.69, 9.17) is 14.2 Å². The predicted octanol–water partition coefficient (Wildman–Crippen LogP) is 6.88. The molecule has 0 aromatic heterocycles. The molecule has 0 unspecified atom stereocenters. The summed E-state index contributed by atoms with van der Waals surface area (Å²) in [5.74, 6) is -0.0595. The van der Waals surface area contributed by atoms with Crippen LogP contribution in [-0.2, 0) is 25.7 Å². The topological polar surface area (TPSA) is 78.9 Å². The molecule has 0 spiro atoms. The van der Waals surface area contributed by atoms with E-state index in [9.17, 15) is 14.4 Å². The number of benzene rings is 4.